The molecular weight excluding hydrogens is 350 g/mol. The Balaban J connectivity index is 2.12. The topological polar surface area (TPSA) is 20.2 Å². The van der Waals surface area contributed by atoms with Crippen LogP contribution in [-0.4, -0.2) is 11.2 Å². The van der Waals surface area contributed by atoms with Crippen LogP contribution >= 0.6 is 27.5 Å². The molecule has 1 unspecified atom stereocenters. The molecule has 1 nitrogen and oxygen atoms in total. The fourth-order valence-electron chi connectivity index (χ4n) is 2.00. The van der Waals surface area contributed by atoms with Crippen molar-refractivity contribution in [3.8, 4) is 0 Å². The van der Waals surface area contributed by atoms with Crippen LogP contribution in [0.4, 0.5) is 8.78 Å². The van der Waals surface area contributed by atoms with Gasteiger partial charge in [-0.05, 0) is 52.2 Å². The van der Waals surface area contributed by atoms with E-state index in [0.29, 0.717) is 5.02 Å². The highest BCUT2D eigenvalue weighted by Gasteiger charge is 2.16. The number of halogens is 4. The van der Waals surface area contributed by atoms with E-state index >= 15 is 0 Å². The van der Waals surface area contributed by atoms with Gasteiger partial charge >= 0.3 is 0 Å². The van der Waals surface area contributed by atoms with Gasteiger partial charge in [0.15, 0.2) is 0 Å². The normalized spacial score (nSPS) is 12.4. The van der Waals surface area contributed by atoms with Crippen LogP contribution in [0.5, 0.6) is 0 Å². The van der Waals surface area contributed by atoms with Gasteiger partial charge in [0, 0.05) is 17.0 Å². The molecule has 0 aromatic heterocycles. The average Bonchev–Trinajstić information content (AvgIpc) is 2.39. The monoisotopic (exact) mass is 360 g/mol. The van der Waals surface area contributed by atoms with Gasteiger partial charge in [-0.15, -0.1) is 0 Å². The summed E-state index contributed by atoms with van der Waals surface area (Å²) < 4.78 is 27.6. The lowest BCUT2D eigenvalue weighted by molar-refractivity contribution is 0.172. The Bertz CT molecular complexity index is 619. The molecule has 20 heavy (non-hydrogen) atoms. The lowest BCUT2D eigenvalue weighted by Gasteiger charge is -2.13. The Labute approximate surface area is 129 Å². The third-order valence-corrected chi connectivity index (χ3v) is 3.79. The molecule has 2 rings (SSSR count). The molecule has 0 fully saturated rings. The second-order valence-electron chi connectivity index (χ2n) is 4.51. The van der Waals surface area contributed by atoms with E-state index in [2.05, 4.69) is 15.9 Å². The average molecular weight is 362 g/mol. The zero-order chi connectivity index (χ0) is 14.7. The van der Waals surface area contributed by atoms with Gasteiger partial charge in [0.1, 0.15) is 11.6 Å². The summed E-state index contributed by atoms with van der Waals surface area (Å²) in [6.07, 6.45) is -0.693. The Morgan fingerprint density at radius 2 is 1.90 bits per heavy atom. The molecular formula is C15H12BrClF2O. The summed E-state index contributed by atoms with van der Waals surface area (Å²) in [6, 6.07) is 9.50. The molecule has 0 spiro atoms. The zero-order valence-corrected chi connectivity index (χ0v) is 12.8. The van der Waals surface area contributed by atoms with Crippen molar-refractivity contribution >= 4 is 27.5 Å². The smallest absolute Gasteiger partial charge is 0.143 e. The van der Waals surface area contributed by atoms with Crippen LogP contribution in [0, 0.1) is 11.6 Å². The summed E-state index contributed by atoms with van der Waals surface area (Å²) in [4.78, 5) is 0. The van der Waals surface area contributed by atoms with Crippen LogP contribution in [0.3, 0.4) is 0 Å². The molecule has 1 N–H and O–H groups in total. The standard InChI is InChI=1S/C15H12BrClF2O/c16-13-4-5-14(18)12(15(13)19)8-11(20)7-9-2-1-3-10(17)6-9/h1-6,11,20H,7-8H2. The van der Waals surface area contributed by atoms with Crippen LogP contribution in [0.15, 0.2) is 40.9 Å². The molecule has 0 aliphatic rings. The minimum atomic E-state index is -0.883. The SMILES string of the molecule is OC(Cc1cccc(Cl)c1)Cc1c(F)ccc(Br)c1F. The third-order valence-electron chi connectivity index (χ3n) is 2.94. The van der Waals surface area contributed by atoms with Gasteiger partial charge in [-0.25, -0.2) is 8.78 Å². The lowest BCUT2D eigenvalue weighted by Crippen LogP contribution is -2.16. The van der Waals surface area contributed by atoms with Crippen molar-refractivity contribution in [3.63, 3.8) is 0 Å². The van der Waals surface area contributed by atoms with Crippen LogP contribution in [-0.2, 0) is 12.8 Å². The van der Waals surface area contributed by atoms with Crippen molar-refractivity contribution in [3.05, 3.63) is 68.7 Å². The molecule has 1 atom stereocenters. The highest BCUT2D eigenvalue weighted by Crippen LogP contribution is 2.23. The van der Waals surface area contributed by atoms with Gasteiger partial charge < -0.3 is 5.11 Å². The van der Waals surface area contributed by atoms with Crippen LogP contribution in [0.25, 0.3) is 0 Å². The van der Waals surface area contributed by atoms with Crippen molar-refractivity contribution in [2.75, 3.05) is 0 Å². The van der Waals surface area contributed by atoms with Gasteiger partial charge in [-0.2, -0.15) is 0 Å². The van der Waals surface area contributed by atoms with Gasteiger partial charge in [0.25, 0.3) is 0 Å². The van der Waals surface area contributed by atoms with Crippen molar-refractivity contribution in [2.24, 2.45) is 0 Å². The van der Waals surface area contributed by atoms with E-state index < -0.39 is 17.7 Å². The molecule has 0 bridgehead atoms. The lowest BCUT2D eigenvalue weighted by atomic mass is 10.0. The molecule has 2 aromatic carbocycles. The largest absolute Gasteiger partial charge is 0.392 e. The van der Waals surface area contributed by atoms with E-state index in [1.54, 1.807) is 18.2 Å². The molecule has 0 aliphatic heterocycles. The molecule has 0 heterocycles. The van der Waals surface area contributed by atoms with Gasteiger partial charge in [0.2, 0.25) is 0 Å². The van der Waals surface area contributed by atoms with E-state index in [-0.39, 0.29) is 22.9 Å². The molecule has 2 aromatic rings. The molecule has 0 radical (unpaired) electrons. The number of aliphatic hydroxyl groups excluding tert-OH is 1. The van der Waals surface area contributed by atoms with E-state index in [1.807, 2.05) is 6.07 Å². The molecule has 0 saturated carbocycles. The maximum atomic E-state index is 13.8. The Morgan fingerprint density at radius 3 is 2.60 bits per heavy atom. The highest BCUT2D eigenvalue weighted by atomic mass is 79.9. The summed E-state index contributed by atoms with van der Waals surface area (Å²) >= 11 is 8.86. The summed E-state index contributed by atoms with van der Waals surface area (Å²) in [5.74, 6) is -1.33. The summed E-state index contributed by atoms with van der Waals surface area (Å²) in [5.41, 5.74) is 0.703. The van der Waals surface area contributed by atoms with Gasteiger partial charge in [-0.1, -0.05) is 23.7 Å². The summed E-state index contributed by atoms with van der Waals surface area (Å²) in [5, 5.41) is 10.6. The van der Waals surface area contributed by atoms with E-state index in [9.17, 15) is 13.9 Å². The highest BCUT2D eigenvalue weighted by molar-refractivity contribution is 9.10. The van der Waals surface area contributed by atoms with Gasteiger partial charge in [0.05, 0.1) is 10.6 Å². The maximum absolute atomic E-state index is 13.8. The number of hydrogen-bond acceptors (Lipinski definition) is 1. The second kappa shape index (κ2) is 6.66. The Kier molecular flexibility index (Phi) is 5.13. The molecule has 0 aliphatic carbocycles. The number of aliphatic hydroxyl groups is 1. The minimum Gasteiger partial charge on any atom is -0.392 e. The number of hydrogen-bond donors (Lipinski definition) is 1. The van der Waals surface area contributed by atoms with E-state index in [4.69, 9.17) is 11.6 Å². The fraction of sp³-hybridized carbons (Fsp3) is 0.200. The summed E-state index contributed by atoms with van der Waals surface area (Å²) in [6.45, 7) is 0. The molecule has 5 heteroatoms. The van der Waals surface area contributed by atoms with E-state index in [1.165, 1.54) is 12.1 Å². The maximum Gasteiger partial charge on any atom is 0.143 e. The fourth-order valence-corrected chi connectivity index (χ4v) is 2.58. The van der Waals surface area contributed by atoms with Crippen molar-refractivity contribution in [2.45, 2.75) is 18.9 Å². The van der Waals surface area contributed by atoms with Crippen molar-refractivity contribution < 1.29 is 13.9 Å². The first-order valence-corrected chi connectivity index (χ1v) is 7.19. The first-order chi connectivity index (χ1) is 9.47. The van der Waals surface area contributed by atoms with Crippen LogP contribution in [0.1, 0.15) is 11.1 Å². The quantitative estimate of drug-likeness (QED) is 0.794. The van der Waals surface area contributed by atoms with Gasteiger partial charge in [-0.3, -0.25) is 0 Å². The molecule has 106 valence electrons. The molecule has 0 saturated heterocycles. The first kappa shape index (κ1) is 15.4. The molecule has 0 amide bonds. The Hall–Kier alpha value is -0.970. The predicted molar refractivity (Wildman–Crippen MR) is 78.9 cm³/mol. The van der Waals surface area contributed by atoms with Crippen molar-refractivity contribution in [1.29, 1.82) is 0 Å². The number of benzene rings is 2. The minimum absolute atomic E-state index is 0.0936. The first-order valence-electron chi connectivity index (χ1n) is 6.02. The van der Waals surface area contributed by atoms with Crippen LogP contribution in [0.2, 0.25) is 5.02 Å². The zero-order valence-electron chi connectivity index (χ0n) is 10.4. The number of rotatable bonds is 4. The van der Waals surface area contributed by atoms with E-state index in [0.717, 1.165) is 5.56 Å². The van der Waals surface area contributed by atoms with Crippen molar-refractivity contribution in [1.82, 2.24) is 0 Å². The van der Waals surface area contributed by atoms with Crippen LogP contribution < -0.4 is 0 Å². The summed E-state index contributed by atoms with van der Waals surface area (Å²) in [7, 11) is 0. The predicted octanol–water partition coefficient (Wildman–Crippen LogP) is 4.53. The third kappa shape index (κ3) is 3.78. The Morgan fingerprint density at radius 1 is 1.15 bits per heavy atom. The second-order valence-corrected chi connectivity index (χ2v) is 5.80.